The molecule has 0 saturated carbocycles. The van der Waals surface area contributed by atoms with Crippen molar-refractivity contribution in [3.63, 3.8) is 0 Å². The third-order valence-corrected chi connectivity index (χ3v) is 4.22. The zero-order chi connectivity index (χ0) is 14.1. The van der Waals surface area contributed by atoms with Crippen molar-refractivity contribution in [1.82, 2.24) is 4.90 Å². The summed E-state index contributed by atoms with van der Waals surface area (Å²) in [6.45, 7) is 1.30. The van der Waals surface area contributed by atoms with Crippen LogP contribution in [0.15, 0.2) is 42.5 Å². The lowest BCUT2D eigenvalue weighted by Crippen LogP contribution is -2.36. The predicted molar refractivity (Wildman–Crippen MR) is 81.3 cm³/mol. The third kappa shape index (κ3) is 2.41. The van der Waals surface area contributed by atoms with Crippen LogP contribution in [0.3, 0.4) is 0 Å². The highest BCUT2D eigenvalue weighted by Gasteiger charge is 2.24. The van der Waals surface area contributed by atoms with Gasteiger partial charge in [-0.2, -0.15) is 0 Å². The van der Waals surface area contributed by atoms with Crippen LogP contribution in [0.2, 0.25) is 10.0 Å². The average molecular weight is 306 g/mol. The summed E-state index contributed by atoms with van der Waals surface area (Å²) in [5, 5.41) is 0.808. The second-order valence-corrected chi connectivity index (χ2v) is 5.66. The van der Waals surface area contributed by atoms with E-state index >= 15 is 0 Å². The number of halogens is 2. The Morgan fingerprint density at radius 3 is 2.30 bits per heavy atom. The number of nitrogens with zero attached hydrogens (tertiary/aromatic N) is 1. The van der Waals surface area contributed by atoms with E-state index in [1.54, 1.807) is 23.1 Å². The minimum absolute atomic E-state index is 0.102. The first-order valence-corrected chi connectivity index (χ1v) is 7.22. The van der Waals surface area contributed by atoms with Crippen LogP contribution in [0.4, 0.5) is 0 Å². The summed E-state index contributed by atoms with van der Waals surface area (Å²) in [4.78, 5) is 14.4. The summed E-state index contributed by atoms with van der Waals surface area (Å²) in [7, 11) is 0. The lowest BCUT2D eigenvalue weighted by molar-refractivity contribution is 0.0735. The van der Waals surface area contributed by atoms with E-state index in [-0.39, 0.29) is 5.91 Å². The van der Waals surface area contributed by atoms with Gasteiger partial charge in [0.15, 0.2) is 0 Å². The van der Waals surface area contributed by atoms with Gasteiger partial charge in [0, 0.05) is 13.1 Å². The van der Waals surface area contributed by atoms with Gasteiger partial charge in [0.1, 0.15) is 0 Å². The molecule has 4 heteroatoms. The van der Waals surface area contributed by atoms with E-state index in [9.17, 15) is 4.79 Å². The monoisotopic (exact) mass is 305 g/mol. The van der Waals surface area contributed by atoms with Crippen LogP contribution in [0.5, 0.6) is 0 Å². The first-order valence-electron chi connectivity index (χ1n) is 6.47. The van der Waals surface area contributed by atoms with Crippen molar-refractivity contribution in [2.45, 2.75) is 13.0 Å². The van der Waals surface area contributed by atoms with Gasteiger partial charge in [0.05, 0.1) is 15.6 Å². The van der Waals surface area contributed by atoms with Crippen molar-refractivity contribution in [3.8, 4) is 0 Å². The predicted octanol–water partition coefficient (Wildman–Crippen LogP) is 4.19. The molecule has 102 valence electrons. The number of carbonyl (C=O) groups is 1. The fourth-order valence-electron chi connectivity index (χ4n) is 2.53. The molecule has 0 aliphatic carbocycles. The van der Waals surface area contributed by atoms with Crippen LogP contribution < -0.4 is 0 Å². The molecular formula is C16H13Cl2NO. The van der Waals surface area contributed by atoms with E-state index in [0.29, 0.717) is 28.7 Å². The normalized spacial score (nSPS) is 14.0. The summed E-state index contributed by atoms with van der Waals surface area (Å²) in [6.07, 6.45) is 0.865. The molecule has 0 atom stereocenters. The molecule has 0 saturated heterocycles. The molecule has 0 aromatic heterocycles. The van der Waals surface area contributed by atoms with Gasteiger partial charge >= 0.3 is 0 Å². The lowest BCUT2D eigenvalue weighted by Gasteiger charge is -2.29. The Morgan fingerprint density at radius 1 is 0.950 bits per heavy atom. The maximum absolute atomic E-state index is 12.6. The van der Waals surface area contributed by atoms with Crippen molar-refractivity contribution in [2.24, 2.45) is 0 Å². The van der Waals surface area contributed by atoms with Gasteiger partial charge in [-0.3, -0.25) is 4.79 Å². The summed E-state index contributed by atoms with van der Waals surface area (Å²) in [6, 6.07) is 13.3. The van der Waals surface area contributed by atoms with Crippen LogP contribution in [0.25, 0.3) is 0 Å². The Balaban J connectivity index is 1.90. The molecule has 20 heavy (non-hydrogen) atoms. The number of hydrogen-bond donors (Lipinski definition) is 0. The summed E-state index contributed by atoms with van der Waals surface area (Å²) in [5.74, 6) is -0.102. The standard InChI is InChI=1S/C16H13Cl2NO/c17-13-6-3-7-14(18)15(13)16(20)19-9-8-11-4-1-2-5-12(11)10-19/h1-7H,8-10H2. The van der Waals surface area contributed by atoms with Crippen LogP contribution in [-0.2, 0) is 13.0 Å². The number of amides is 1. The van der Waals surface area contributed by atoms with Gasteiger partial charge in [0.25, 0.3) is 5.91 Å². The summed E-state index contributed by atoms with van der Waals surface area (Å²) in [5.41, 5.74) is 2.90. The molecule has 2 aromatic carbocycles. The highest BCUT2D eigenvalue weighted by Crippen LogP contribution is 2.28. The third-order valence-electron chi connectivity index (χ3n) is 3.59. The fraction of sp³-hybridized carbons (Fsp3) is 0.188. The number of benzene rings is 2. The number of hydrogen-bond acceptors (Lipinski definition) is 1. The smallest absolute Gasteiger partial charge is 0.257 e. The van der Waals surface area contributed by atoms with Crippen molar-refractivity contribution < 1.29 is 4.79 Å². The van der Waals surface area contributed by atoms with Gasteiger partial charge in [-0.1, -0.05) is 53.5 Å². The molecule has 1 aliphatic heterocycles. The molecule has 0 bridgehead atoms. The first kappa shape index (κ1) is 13.5. The highest BCUT2D eigenvalue weighted by molar-refractivity contribution is 6.39. The topological polar surface area (TPSA) is 20.3 Å². The molecule has 0 spiro atoms. The van der Waals surface area contributed by atoms with Crippen LogP contribution in [-0.4, -0.2) is 17.4 Å². The highest BCUT2D eigenvalue weighted by atomic mass is 35.5. The molecule has 0 unspecified atom stereocenters. The maximum atomic E-state index is 12.6. The number of carbonyl (C=O) groups excluding carboxylic acids is 1. The second kappa shape index (κ2) is 5.47. The molecule has 2 nitrogen and oxygen atoms in total. The van der Waals surface area contributed by atoms with Crippen LogP contribution in [0, 0.1) is 0 Å². The Morgan fingerprint density at radius 2 is 1.60 bits per heavy atom. The largest absolute Gasteiger partial charge is 0.334 e. The SMILES string of the molecule is O=C(c1c(Cl)cccc1Cl)N1CCc2ccccc2C1. The molecule has 0 fully saturated rings. The zero-order valence-electron chi connectivity index (χ0n) is 10.8. The second-order valence-electron chi connectivity index (χ2n) is 4.84. The Kier molecular flexibility index (Phi) is 3.68. The number of fused-ring (bicyclic) bond motifs is 1. The fourth-order valence-corrected chi connectivity index (χ4v) is 3.09. The van der Waals surface area contributed by atoms with E-state index in [1.165, 1.54) is 11.1 Å². The molecule has 1 amide bonds. The zero-order valence-corrected chi connectivity index (χ0v) is 12.3. The van der Waals surface area contributed by atoms with Gasteiger partial charge in [-0.05, 0) is 29.7 Å². The molecular weight excluding hydrogens is 293 g/mol. The summed E-state index contributed by atoms with van der Waals surface area (Å²) < 4.78 is 0. The van der Waals surface area contributed by atoms with Crippen molar-refractivity contribution >= 4 is 29.1 Å². The number of rotatable bonds is 1. The van der Waals surface area contributed by atoms with E-state index in [4.69, 9.17) is 23.2 Å². The van der Waals surface area contributed by atoms with Crippen LogP contribution in [0.1, 0.15) is 21.5 Å². The first-order chi connectivity index (χ1) is 9.66. The Labute approximate surface area is 127 Å². The van der Waals surface area contributed by atoms with Crippen molar-refractivity contribution in [2.75, 3.05) is 6.54 Å². The van der Waals surface area contributed by atoms with Crippen molar-refractivity contribution in [1.29, 1.82) is 0 Å². The van der Waals surface area contributed by atoms with Gasteiger partial charge in [-0.25, -0.2) is 0 Å². The molecule has 3 rings (SSSR count). The molecule has 0 N–H and O–H groups in total. The van der Waals surface area contributed by atoms with E-state index < -0.39 is 0 Å². The molecule has 1 heterocycles. The van der Waals surface area contributed by atoms with Gasteiger partial charge in [-0.15, -0.1) is 0 Å². The minimum atomic E-state index is -0.102. The maximum Gasteiger partial charge on any atom is 0.257 e. The molecule has 1 aliphatic rings. The Hall–Kier alpha value is -1.51. The average Bonchev–Trinajstić information content (AvgIpc) is 2.46. The molecule has 0 radical (unpaired) electrons. The Bertz CT molecular complexity index is 649. The van der Waals surface area contributed by atoms with E-state index in [1.807, 2.05) is 12.1 Å². The van der Waals surface area contributed by atoms with Crippen molar-refractivity contribution in [3.05, 3.63) is 69.2 Å². The van der Waals surface area contributed by atoms with Gasteiger partial charge in [0.2, 0.25) is 0 Å². The van der Waals surface area contributed by atoms with Gasteiger partial charge < -0.3 is 4.90 Å². The lowest BCUT2D eigenvalue weighted by atomic mass is 9.99. The van der Waals surface area contributed by atoms with Crippen LogP contribution >= 0.6 is 23.2 Å². The minimum Gasteiger partial charge on any atom is -0.334 e. The van der Waals surface area contributed by atoms with E-state index in [0.717, 1.165) is 6.42 Å². The summed E-state index contributed by atoms with van der Waals surface area (Å²) >= 11 is 12.2. The van der Waals surface area contributed by atoms with E-state index in [2.05, 4.69) is 12.1 Å². The molecule has 2 aromatic rings. The quantitative estimate of drug-likeness (QED) is 0.773.